The molecular formula is C16H17BrS. The molecule has 0 aliphatic carbocycles. The molecule has 0 aliphatic rings. The second-order valence-corrected chi connectivity index (χ2v) is 6.03. The van der Waals surface area contributed by atoms with Gasteiger partial charge in [-0.2, -0.15) is 0 Å². The molecule has 1 unspecified atom stereocenters. The number of alkyl halides is 1. The van der Waals surface area contributed by atoms with Crippen LogP contribution >= 0.6 is 27.7 Å². The van der Waals surface area contributed by atoms with Crippen molar-refractivity contribution in [1.29, 1.82) is 0 Å². The van der Waals surface area contributed by atoms with Gasteiger partial charge in [-0.3, -0.25) is 0 Å². The second kappa shape index (κ2) is 7.65. The lowest BCUT2D eigenvalue weighted by molar-refractivity contribution is 0.756. The van der Waals surface area contributed by atoms with E-state index in [1.807, 2.05) is 11.8 Å². The molecule has 0 amide bonds. The quantitative estimate of drug-likeness (QED) is 0.511. The summed E-state index contributed by atoms with van der Waals surface area (Å²) in [4.78, 5) is 1.36. The Morgan fingerprint density at radius 3 is 2.11 bits per heavy atom. The molecule has 2 aromatic carbocycles. The lowest BCUT2D eigenvalue weighted by atomic mass is 9.99. The van der Waals surface area contributed by atoms with Crippen LogP contribution in [0.5, 0.6) is 0 Å². The van der Waals surface area contributed by atoms with Crippen LogP contribution in [0, 0.1) is 0 Å². The van der Waals surface area contributed by atoms with Gasteiger partial charge >= 0.3 is 0 Å². The summed E-state index contributed by atoms with van der Waals surface area (Å²) in [6, 6.07) is 21.4. The summed E-state index contributed by atoms with van der Waals surface area (Å²) in [5.74, 6) is 1.78. The van der Waals surface area contributed by atoms with Crippen molar-refractivity contribution < 1.29 is 0 Å². The summed E-state index contributed by atoms with van der Waals surface area (Å²) >= 11 is 5.57. The predicted molar refractivity (Wildman–Crippen MR) is 84.8 cm³/mol. The maximum Gasteiger partial charge on any atom is 0.0100 e. The van der Waals surface area contributed by atoms with Crippen molar-refractivity contribution in [2.24, 2.45) is 0 Å². The smallest absolute Gasteiger partial charge is 0.0100 e. The van der Waals surface area contributed by atoms with Gasteiger partial charge in [0.25, 0.3) is 0 Å². The zero-order valence-electron chi connectivity index (χ0n) is 10.3. The minimum atomic E-state index is 0.613. The first-order valence-corrected chi connectivity index (χ1v) is 8.29. The number of hydrogen-bond acceptors (Lipinski definition) is 1. The van der Waals surface area contributed by atoms with E-state index < -0.39 is 0 Å². The Bertz CT molecular complexity index is 441. The van der Waals surface area contributed by atoms with E-state index in [1.165, 1.54) is 16.9 Å². The topological polar surface area (TPSA) is 0 Å². The van der Waals surface area contributed by atoms with E-state index in [-0.39, 0.29) is 0 Å². The zero-order valence-corrected chi connectivity index (χ0v) is 12.7. The highest BCUT2D eigenvalue weighted by atomic mass is 79.9. The molecule has 2 rings (SSSR count). The average molecular weight is 321 g/mol. The van der Waals surface area contributed by atoms with Crippen LogP contribution in [-0.4, -0.2) is 11.1 Å². The fourth-order valence-electron chi connectivity index (χ4n) is 1.89. The van der Waals surface area contributed by atoms with E-state index in [0.29, 0.717) is 5.92 Å². The van der Waals surface area contributed by atoms with Crippen LogP contribution in [0.25, 0.3) is 0 Å². The Morgan fingerprint density at radius 1 is 0.889 bits per heavy atom. The van der Waals surface area contributed by atoms with Crippen LogP contribution in [0.1, 0.15) is 17.9 Å². The number of thioether (sulfide) groups is 1. The average Bonchev–Trinajstić information content (AvgIpc) is 2.46. The Labute approximate surface area is 122 Å². The van der Waals surface area contributed by atoms with Crippen LogP contribution in [0.4, 0.5) is 0 Å². The normalized spacial score (nSPS) is 12.3. The summed E-state index contributed by atoms with van der Waals surface area (Å²) in [7, 11) is 0. The first-order chi connectivity index (χ1) is 8.90. The Hall–Kier alpha value is -0.730. The van der Waals surface area contributed by atoms with Crippen molar-refractivity contribution in [3.05, 3.63) is 66.2 Å². The van der Waals surface area contributed by atoms with Crippen LogP contribution < -0.4 is 0 Å². The third-order valence-corrected chi connectivity index (χ3v) is 4.76. The lowest BCUT2D eigenvalue weighted by Crippen LogP contribution is -2.01. The van der Waals surface area contributed by atoms with E-state index in [0.717, 1.165) is 11.1 Å². The second-order valence-electron chi connectivity index (χ2n) is 4.21. The molecule has 0 spiro atoms. The molecule has 2 aromatic rings. The van der Waals surface area contributed by atoms with Gasteiger partial charge in [0.15, 0.2) is 0 Å². The van der Waals surface area contributed by atoms with Gasteiger partial charge in [0.2, 0.25) is 0 Å². The molecule has 0 heterocycles. The van der Waals surface area contributed by atoms with E-state index in [4.69, 9.17) is 0 Å². The Kier molecular flexibility index (Phi) is 5.82. The molecule has 0 saturated heterocycles. The van der Waals surface area contributed by atoms with E-state index >= 15 is 0 Å². The molecule has 0 bridgehead atoms. The standard InChI is InChI=1S/C16H17BrS/c17-13-15(14-7-3-1-4-8-14)11-12-18-16-9-5-2-6-10-16/h1-10,15H,11-13H2. The third-order valence-electron chi connectivity index (χ3n) is 2.94. The van der Waals surface area contributed by atoms with Gasteiger partial charge in [-0.15, -0.1) is 11.8 Å². The minimum absolute atomic E-state index is 0.613. The highest BCUT2D eigenvalue weighted by Gasteiger charge is 2.09. The summed E-state index contributed by atoms with van der Waals surface area (Å²) in [5, 5.41) is 1.03. The van der Waals surface area contributed by atoms with Crippen LogP contribution in [-0.2, 0) is 0 Å². The number of rotatable bonds is 6. The lowest BCUT2D eigenvalue weighted by Gasteiger charge is -2.14. The first kappa shape index (κ1) is 13.7. The van der Waals surface area contributed by atoms with Crippen LogP contribution in [0.15, 0.2) is 65.6 Å². The molecule has 0 radical (unpaired) electrons. The maximum absolute atomic E-state index is 3.63. The van der Waals surface area contributed by atoms with Crippen molar-refractivity contribution in [3.8, 4) is 0 Å². The van der Waals surface area contributed by atoms with Crippen molar-refractivity contribution in [1.82, 2.24) is 0 Å². The fourth-order valence-corrected chi connectivity index (χ4v) is 3.58. The highest BCUT2D eigenvalue weighted by Crippen LogP contribution is 2.26. The number of halogens is 1. The summed E-state index contributed by atoms with van der Waals surface area (Å²) < 4.78 is 0. The monoisotopic (exact) mass is 320 g/mol. The molecule has 0 nitrogen and oxygen atoms in total. The van der Waals surface area contributed by atoms with Gasteiger partial charge in [-0.05, 0) is 35.8 Å². The molecule has 1 atom stereocenters. The predicted octanol–water partition coefficient (Wildman–Crippen LogP) is 5.35. The third kappa shape index (κ3) is 4.18. The SMILES string of the molecule is BrCC(CCSc1ccccc1)c1ccccc1. The van der Waals surface area contributed by atoms with Gasteiger partial charge in [-0.1, -0.05) is 64.5 Å². The number of hydrogen-bond donors (Lipinski definition) is 0. The summed E-state index contributed by atoms with van der Waals surface area (Å²) in [6.45, 7) is 0. The zero-order chi connectivity index (χ0) is 12.6. The summed E-state index contributed by atoms with van der Waals surface area (Å²) in [6.07, 6.45) is 1.20. The molecule has 0 N–H and O–H groups in total. The molecule has 0 saturated carbocycles. The van der Waals surface area contributed by atoms with Gasteiger partial charge in [0.1, 0.15) is 0 Å². The molecule has 0 fully saturated rings. The van der Waals surface area contributed by atoms with E-state index in [9.17, 15) is 0 Å². The van der Waals surface area contributed by atoms with Crippen molar-refractivity contribution >= 4 is 27.7 Å². The van der Waals surface area contributed by atoms with Gasteiger partial charge in [0, 0.05) is 10.2 Å². The van der Waals surface area contributed by atoms with Gasteiger partial charge in [-0.25, -0.2) is 0 Å². The molecule has 0 aromatic heterocycles. The fraction of sp³-hybridized carbons (Fsp3) is 0.250. The van der Waals surface area contributed by atoms with Gasteiger partial charge in [0.05, 0.1) is 0 Å². The van der Waals surface area contributed by atoms with Crippen molar-refractivity contribution in [2.45, 2.75) is 17.2 Å². The highest BCUT2D eigenvalue weighted by molar-refractivity contribution is 9.09. The van der Waals surface area contributed by atoms with E-state index in [2.05, 4.69) is 76.6 Å². The molecule has 2 heteroatoms. The Balaban J connectivity index is 1.85. The van der Waals surface area contributed by atoms with Crippen molar-refractivity contribution in [3.63, 3.8) is 0 Å². The minimum Gasteiger partial charge on any atom is -0.126 e. The molecular weight excluding hydrogens is 304 g/mol. The van der Waals surface area contributed by atoms with Crippen LogP contribution in [0.3, 0.4) is 0 Å². The maximum atomic E-state index is 3.63. The molecule has 18 heavy (non-hydrogen) atoms. The number of benzene rings is 2. The molecule has 0 aliphatic heterocycles. The van der Waals surface area contributed by atoms with E-state index in [1.54, 1.807) is 0 Å². The van der Waals surface area contributed by atoms with Gasteiger partial charge < -0.3 is 0 Å². The molecule has 94 valence electrons. The largest absolute Gasteiger partial charge is 0.126 e. The van der Waals surface area contributed by atoms with Crippen LogP contribution in [0.2, 0.25) is 0 Å². The van der Waals surface area contributed by atoms with Crippen molar-refractivity contribution in [2.75, 3.05) is 11.1 Å². The summed E-state index contributed by atoms with van der Waals surface area (Å²) in [5.41, 5.74) is 1.43. The first-order valence-electron chi connectivity index (χ1n) is 6.19. The Morgan fingerprint density at radius 2 is 1.50 bits per heavy atom.